The van der Waals surface area contributed by atoms with Crippen LogP contribution in [0.4, 0.5) is 0 Å². The van der Waals surface area contributed by atoms with E-state index >= 15 is 0 Å². The molecular weight excluding hydrogens is 266 g/mol. The van der Waals surface area contributed by atoms with Gasteiger partial charge in [-0.3, -0.25) is 0 Å². The molecule has 1 aromatic rings. The lowest BCUT2D eigenvalue weighted by molar-refractivity contribution is 0.174. The van der Waals surface area contributed by atoms with Crippen LogP contribution in [0, 0.1) is 5.92 Å². The van der Waals surface area contributed by atoms with Crippen LogP contribution in [0.5, 0.6) is 11.5 Å². The SMILES string of the molecule is Clc1cc2c(cc1CNCCC1CCOC1)OCO2. The van der Waals surface area contributed by atoms with E-state index in [2.05, 4.69) is 5.32 Å². The van der Waals surface area contributed by atoms with E-state index in [-0.39, 0.29) is 6.79 Å². The lowest BCUT2D eigenvalue weighted by Gasteiger charge is -2.10. The summed E-state index contributed by atoms with van der Waals surface area (Å²) in [4.78, 5) is 0. The number of nitrogens with one attached hydrogen (secondary N) is 1. The van der Waals surface area contributed by atoms with Gasteiger partial charge in [0, 0.05) is 30.8 Å². The zero-order valence-corrected chi connectivity index (χ0v) is 11.5. The molecule has 0 saturated carbocycles. The van der Waals surface area contributed by atoms with Crippen LogP contribution in [-0.4, -0.2) is 26.6 Å². The quantitative estimate of drug-likeness (QED) is 0.843. The maximum absolute atomic E-state index is 6.22. The van der Waals surface area contributed by atoms with Gasteiger partial charge in [-0.05, 0) is 36.9 Å². The third-order valence-corrected chi connectivity index (χ3v) is 3.96. The Balaban J connectivity index is 1.49. The minimum atomic E-state index is 0.282. The van der Waals surface area contributed by atoms with Gasteiger partial charge in [0.15, 0.2) is 11.5 Å². The second kappa shape index (κ2) is 5.99. The van der Waals surface area contributed by atoms with Crippen LogP contribution in [0.1, 0.15) is 18.4 Å². The molecule has 0 amide bonds. The summed E-state index contributed by atoms with van der Waals surface area (Å²) in [6.07, 6.45) is 2.34. The second-order valence-corrected chi connectivity index (χ2v) is 5.40. The lowest BCUT2D eigenvalue weighted by atomic mass is 10.1. The third-order valence-electron chi connectivity index (χ3n) is 3.61. The molecule has 1 fully saturated rings. The van der Waals surface area contributed by atoms with Crippen LogP contribution >= 0.6 is 11.6 Å². The monoisotopic (exact) mass is 283 g/mol. The molecule has 0 radical (unpaired) electrons. The van der Waals surface area contributed by atoms with Crippen molar-refractivity contribution < 1.29 is 14.2 Å². The number of ether oxygens (including phenoxy) is 3. The van der Waals surface area contributed by atoms with Gasteiger partial charge < -0.3 is 19.5 Å². The Morgan fingerprint density at radius 2 is 2.11 bits per heavy atom. The first-order valence-electron chi connectivity index (χ1n) is 6.69. The van der Waals surface area contributed by atoms with Crippen molar-refractivity contribution in [3.63, 3.8) is 0 Å². The van der Waals surface area contributed by atoms with Gasteiger partial charge in [0.25, 0.3) is 0 Å². The molecule has 0 aliphatic carbocycles. The fourth-order valence-electron chi connectivity index (χ4n) is 2.43. The van der Waals surface area contributed by atoms with E-state index < -0.39 is 0 Å². The van der Waals surface area contributed by atoms with E-state index in [1.165, 1.54) is 6.42 Å². The average molecular weight is 284 g/mol. The molecule has 1 atom stereocenters. The molecule has 3 rings (SSSR count). The van der Waals surface area contributed by atoms with Crippen molar-refractivity contribution in [2.75, 3.05) is 26.6 Å². The molecule has 1 unspecified atom stereocenters. The van der Waals surface area contributed by atoms with Crippen LogP contribution in [0.15, 0.2) is 12.1 Å². The topological polar surface area (TPSA) is 39.7 Å². The summed E-state index contributed by atoms with van der Waals surface area (Å²) in [6, 6.07) is 3.78. The molecule has 2 heterocycles. The van der Waals surface area contributed by atoms with Crippen LogP contribution in [0.3, 0.4) is 0 Å². The van der Waals surface area contributed by atoms with Crippen molar-refractivity contribution in [1.82, 2.24) is 5.32 Å². The van der Waals surface area contributed by atoms with Gasteiger partial charge in [-0.1, -0.05) is 11.6 Å². The number of hydrogen-bond acceptors (Lipinski definition) is 4. The highest BCUT2D eigenvalue weighted by Gasteiger charge is 2.17. The van der Waals surface area contributed by atoms with E-state index in [0.29, 0.717) is 5.92 Å². The first kappa shape index (κ1) is 13.0. The Labute approximate surface area is 118 Å². The highest BCUT2D eigenvalue weighted by Crippen LogP contribution is 2.36. The van der Waals surface area contributed by atoms with Gasteiger partial charge in [-0.2, -0.15) is 0 Å². The fraction of sp³-hybridized carbons (Fsp3) is 0.571. The highest BCUT2D eigenvalue weighted by molar-refractivity contribution is 6.31. The zero-order valence-electron chi connectivity index (χ0n) is 10.8. The summed E-state index contributed by atoms with van der Waals surface area (Å²) >= 11 is 6.22. The van der Waals surface area contributed by atoms with Crippen molar-refractivity contribution in [1.29, 1.82) is 0 Å². The second-order valence-electron chi connectivity index (χ2n) is 4.99. The number of benzene rings is 1. The minimum absolute atomic E-state index is 0.282. The third kappa shape index (κ3) is 3.14. The van der Waals surface area contributed by atoms with E-state index in [1.807, 2.05) is 12.1 Å². The van der Waals surface area contributed by atoms with Gasteiger partial charge in [0.1, 0.15) is 0 Å². The molecule has 1 saturated heterocycles. The predicted octanol–water partition coefficient (Wildman–Crippen LogP) is 2.58. The average Bonchev–Trinajstić information content (AvgIpc) is 3.05. The first-order chi connectivity index (χ1) is 9.33. The van der Waals surface area contributed by atoms with Gasteiger partial charge in [0.2, 0.25) is 6.79 Å². The minimum Gasteiger partial charge on any atom is -0.454 e. The normalized spacial score (nSPS) is 21.0. The Morgan fingerprint density at radius 3 is 2.89 bits per heavy atom. The van der Waals surface area contributed by atoms with E-state index in [0.717, 1.165) is 54.8 Å². The summed E-state index contributed by atoms with van der Waals surface area (Å²) in [6.45, 7) is 3.84. The summed E-state index contributed by atoms with van der Waals surface area (Å²) in [5, 5.41) is 4.15. The summed E-state index contributed by atoms with van der Waals surface area (Å²) < 4.78 is 16.0. The molecule has 1 aromatic carbocycles. The van der Waals surface area contributed by atoms with Crippen molar-refractivity contribution >= 4 is 11.6 Å². The molecule has 19 heavy (non-hydrogen) atoms. The van der Waals surface area contributed by atoms with Crippen LogP contribution in [0.2, 0.25) is 5.02 Å². The van der Waals surface area contributed by atoms with Crippen molar-refractivity contribution in [2.45, 2.75) is 19.4 Å². The zero-order chi connectivity index (χ0) is 13.1. The molecule has 0 bridgehead atoms. The molecule has 2 aliphatic heterocycles. The number of hydrogen-bond donors (Lipinski definition) is 1. The van der Waals surface area contributed by atoms with Crippen LogP contribution < -0.4 is 14.8 Å². The van der Waals surface area contributed by atoms with E-state index in [4.69, 9.17) is 25.8 Å². The smallest absolute Gasteiger partial charge is 0.231 e. The molecular formula is C14H18ClNO3. The van der Waals surface area contributed by atoms with Crippen LogP contribution in [-0.2, 0) is 11.3 Å². The molecule has 0 spiro atoms. The molecule has 2 aliphatic rings. The van der Waals surface area contributed by atoms with Gasteiger partial charge in [-0.25, -0.2) is 0 Å². The summed E-state index contributed by atoms with van der Waals surface area (Å²) in [5.74, 6) is 2.22. The highest BCUT2D eigenvalue weighted by atomic mass is 35.5. The molecule has 5 heteroatoms. The van der Waals surface area contributed by atoms with Crippen LogP contribution in [0.25, 0.3) is 0 Å². The summed E-state index contributed by atoms with van der Waals surface area (Å²) in [5.41, 5.74) is 1.05. The molecule has 1 N–H and O–H groups in total. The standard InChI is InChI=1S/C14H18ClNO3/c15-12-6-14-13(18-9-19-14)5-11(12)7-16-3-1-10-2-4-17-8-10/h5-6,10,16H,1-4,7-9H2. The lowest BCUT2D eigenvalue weighted by Crippen LogP contribution is -2.18. The maximum atomic E-state index is 6.22. The Bertz CT molecular complexity index is 447. The van der Waals surface area contributed by atoms with Gasteiger partial charge in [0.05, 0.1) is 0 Å². The number of halogens is 1. The maximum Gasteiger partial charge on any atom is 0.231 e. The van der Waals surface area contributed by atoms with E-state index in [9.17, 15) is 0 Å². The fourth-order valence-corrected chi connectivity index (χ4v) is 2.66. The summed E-state index contributed by atoms with van der Waals surface area (Å²) in [7, 11) is 0. The first-order valence-corrected chi connectivity index (χ1v) is 7.07. The Hall–Kier alpha value is -0.970. The molecule has 0 aromatic heterocycles. The van der Waals surface area contributed by atoms with Gasteiger partial charge >= 0.3 is 0 Å². The molecule has 104 valence electrons. The number of rotatable bonds is 5. The number of fused-ring (bicyclic) bond motifs is 1. The van der Waals surface area contributed by atoms with Crippen molar-refractivity contribution in [2.24, 2.45) is 5.92 Å². The Morgan fingerprint density at radius 1 is 1.26 bits per heavy atom. The Kier molecular flexibility index (Phi) is 4.11. The molecule has 4 nitrogen and oxygen atoms in total. The van der Waals surface area contributed by atoms with E-state index in [1.54, 1.807) is 0 Å². The van der Waals surface area contributed by atoms with Crippen molar-refractivity contribution in [3.8, 4) is 11.5 Å². The predicted molar refractivity (Wildman–Crippen MR) is 72.8 cm³/mol. The van der Waals surface area contributed by atoms with Gasteiger partial charge in [-0.15, -0.1) is 0 Å². The largest absolute Gasteiger partial charge is 0.454 e. The van der Waals surface area contributed by atoms with Crippen molar-refractivity contribution in [3.05, 3.63) is 22.7 Å².